The number of furan rings is 1. The van der Waals surface area contributed by atoms with Gasteiger partial charge in [-0.05, 0) is 31.5 Å². The Morgan fingerprint density at radius 1 is 1.40 bits per heavy atom. The predicted molar refractivity (Wildman–Crippen MR) is 92.3 cm³/mol. The van der Waals surface area contributed by atoms with Crippen molar-refractivity contribution in [1.82, 2.24) is 14.8 Å². The number of aliphatic hydroxyl groups is 1. The quantitative estimate of drug-likeness (QED) is 0.843. The number of carbonyl (C=O) groups excluding carboxylic acids is 1. The van der Waals surface area contributed by atoms with Crippen LogP contribution in [0.1, 0.15) is 28.2 Å². The summed E-state index contributed by atoms with van der Waals surface area (Å²) in [5.41, 5.74) is 0.800. The molecule has 2 N–H and O–H groups in total. The summed E-state index contributed by atoms with van der Waals surface area (Å²) in [5.74, 6) is 0.725. The minimum absolute atomic E-state index is 0.0518. The van der Waals surface area contributed by atoms with Crippen LogP contribution in [0.3, 0.4) is 0 Å². The van der Waals surface area contributed by atoms with E-state index in [0.717, 1.165) is 5.76 Å². The summed E-state index contributed by atoms with van der Waals surface area (Å²) in [4.78, 5) is 31.0. The van der Waals surface area contributed by atoms with Gasteiger partial charge >= 0.3 is 0 Å². The van der Waals surface area contributed by atoms with Crippen LogP contribution in [0.4, 0.5) is 0 Å². The molecule has 0 saturated carbocycles. The lowest BCUT2D eigenvalue weighted by atomic mass is 10.1. The first kappa shape index (κ1) is 17.4. The standard InChI is InChI=1S/C18H23N3O4/c1-13-9-14(10-17(23)19-13)18(24)21-6-5-20(15(11-21)4-7-22)12-16-3-2-8-25-16/h2-3,8-10,15,22H,4-7,11-12H2,1H3,(H,19,23)/t15-/m0/s1. The van der Waals surface area contributed by atoms with Crippen molar-refractivity contribution in [2.24, 2.45) is 0 Å². The fraction of sp³-hybridized carbons (Fsp3) is 0.444. The molecule has 0 unspecified atom stereocenters. The molecule has 0 aliphatic carbocycles. The van der Waals surface area contributed by atoms with E-state index >= 15 is 0 Å². The number of nitrogens with zero attached hydrogens (tertiary/aromatic N) is 2. The summed E-state index contributed by atoms with van der Waals surface area (Å²) in [7, 11) is 0. The Balaban J connectivity index is 1.72. The Kier molecular flexibility index (Phi) is 5.35. The number of hydrogen-bond donors (Lipinski definition) is 2. The van der Waals surface area contributed by atoms with Crippen molar-refractivity contribution >= 4 is 5.91 Å². The second kappa shape index (κ2) is 7.67. The van der Waals surface area contributed by atoms with E-state index < -0.39 is 0 Å². The number of H-pyrrole nitrogens is 1. The highest BCUT2D eigenvalue weighted by Crippen LogP contribution is 2.18. The maximum atomic E-state index is 12.8. The van der Waals surface area contributed by atoms with Crippen molar-refractivity contribution < 1.29 is 14.3 Å². The van der Waals surface area contributed by atoms with Crippen LogP contribution in [0.25, 0.3) is 0 Å². The van der Waals surface area contributed by atoms with Gasteiger partial charge in [-0.25, -0.2) is 0 Å². The number of aromatic amines is 1. The summed E-state index contributed by atoms with van der Waals surface area (Å²) in [5, 5.41) is 9.38. The van der Waals surface area contributed by atoms with Gasteiger partial charge in [-0.15, -0.1) is 0 Å². The monoisotopic (exact) mass is 345 g/mol. The molecule has 134 valence electrons. The number of amides is 1. The fourth-order valence-electron chi connectivity index (χ4n) is 3.30. The number of nitrogens with one attached hydrogen (secondary N) is 1. The SMILES string of the molecule is Cc1cc(C(=O)N2CCN(Cc3ccco3)[C@@H](CCO)C2)cc(=O)[nH]1. The second-order valence-corrected chi connectivity index (χ2v) is 6.38. The maximum Gasteiger partial charge on any atom is 0.254 e. The number of pyridine rings is 1. The van der Waals surface area contributed by atoms with Gasteiger partial charge in [0.15, 0.2) is 0 Å². The van der Waals surface area contributed by atoms with Crippen LogP contribution in [0, 0.1) is 6.92 Å². The Morgan fingerprint density at radius 3 is 2.92 bits per heavy atom. The Hall–Kier alpha value is -2.38. The van der Waals surface area contributed by atoms with E-state index in [9.17, 15) is 14.7 Å². The van der Waals surface area contributed by atoms with Crippen molar-refractivity contribution in [2.75, 3.05) is 26.2 Å². The predicted octanol–water partition coefficient (Wildman–Crippen LogP) is 0.985. The molecule has 1 aliphatic heterocycles. The van der Waals surface area contributed by atoms with E-state index in [1.807, 2.05) is 12.1 Å². The number of aliphatic hydroxyl groups excluding tert-OH is 1. The first-order valence-corrected chi connectivity index (χ1v) is 8.44. The molecule has 1 saturated heterocycles. The van der Waals surface area contributed by atoms with Gasteiger partial charge in [-0.3, -0.25) is 14.5 Å². The third kappa shape index (κ3) is 4.18. The van der Waals surface area contributed by atoms with E-state index in [1.165, 1.54) is 6.07 Å². The molecule has 25 heavy (non-hydrogen) atoms. The van der Waals surface area contributed by atoms with Gasteiger partial charge in [0.25, 0.3) is 5.91 Å². The smallest absolute Gasteiger partial charge is 0.254 e. The molecular formula is C18H23N3O4. The van der Waals surface area contributed by atoms with Gasteiger partial charge in [-0.1, -0.05) is 0 Å². The normalized spacial score (nSPS) is 18.5. The zero-order valence-electron chi connectivity index (χ0n) is 14.3. The third-order valence-electron chi connectivity index (χ3n) is 4.52. The molecule has 2 aromatic rings. The van der Waals surface area contributed by atoms with Gasteiger partial charge in [0.05, 0.1) is 12.8 Å². The summed E-state index contributed by atoms with van der Waals surface area (Å²) in [6.07, 6.45) is 2.23. The van der Waals surface area contributed by atoms with Crippen molar-refractivity contribution in [3.05, 3.63) is 57.9 Å². The molecule has 3 heterocycles. The second-order valence-electron chi connectivity index (χ2n) is 6.38. The van der Waals surface area contributed by atoms with Crippen LogP contribution in [-0.4, -0.2) is 58.1 Å². The summed E-state index contributed by atoms with van der Waals surface area (Å²) in [6.45, 7) is 4.27. The van der Waals surface area contributed by atoms with Gasteiger partial charge in [0, 0.05) is 49.6 Å². The molecule has 7 nitrogen and oxygen atoms in total. The van der Waals surface area contributed by atoms with Crippen LogP contribution in [0.15, 0.2) is 39.7 Å². The van der Waals surface area contributed by atoms with E-state index in [2.05, 4.69) is 9.88 Å². The Labute approximate surface area is 145 Å². The van der Waals surface area contributed by atoms with Crippen LogP contribution in [0.5, 0.6) is 0 Å². The highest BCUT2D eigenvalue weighted by molar-refractivity contribution is 5.94. The van der Waals surface area contributed by atoms with Crippen LogP contribution in [-0.2, 0) is 6.54 Å². The van der Waals surface area contributed by atoms with E-state index in [-0.39, 0.29) is 24.1 Å². The van der Waals surface area contributed by atoms with Crippen LogP contribution >= 0.6 is 0 Å². The molecule has 0 aromatic carbocycles. The molecule has 0 spiro atoms. The minimum Gasteiger partial charge on any atom is -0.468 e. The lowest BCUT2D eigenvalue weighted by Crippen LogP contribution is -2.54. The first-order chi connectivity index (χ1) is 12.1. The third-order valence-corrected chi connectivity index (χ3v) is 4.52. The zero-order valence-corrected chi connectivity index (χ0v) is 14.3. The summed E-state index contributed by atoms with van der Waals surface area (Å²) >= 11 is 0. The number of aryl methyl sites for hydroxylation is 1. The van der Waals surface area contributed by atoms with Gasteiger partial charge < -0.3 is 19.4 Å². The number of aromatic nitrogens is 1. The van der Waals surface area contributed by atoms with Gasteiger partial charge in [-0.2, -0.15) is 0 Å². The highest BCUT2D eigenvalue weighted by Gasteiger charge is 2.30. The molecule has 1 atom stereocenters. The number of hydrogen-bond acceptors (Lipinski definition) is 5. The lowest BCUT2D eigenvalue weighted by molar-refractivity contribution is 0.0373. The van der Waals surface area contributed by atoms with Crippen molar-refractivity contribution in [3.63, 3.8) is 0 Å². The van der Waals surface area contributed by atoms with Crippen molar-refractivity contribution in [2.45, 2.75) is 25.9 Å². The molecule has 1 fully saturated rings. The first-order valence-electron chi connectivity index (χ1n) is 8.44. The van der Waals surface area contributed by atoms with E-state index in [4.69, 9.17) is 4.42 Å². The molecule has 3 rings (SSSR count). The number of piperazine rings is 1. The lowest BCUT2D eigenvalue weighted by Gasteiger charge is -2.41. The number of rotatable bonds is 5. The van der Waals surface area contributed by atoms with Gasteiger partial charge in [0.1, 0.15) is 5.76 Å². The topological polar surface area (TPSA) is 89.8 Å². The average molecular weight is 345 g/mol. The maximum absolute atomic E-state index is 12.8. The summed E-state index contributed by atoms with van der Waals surface area (Å²) in [6, 6.07) is 6.86. The highest BCUT2D eigenvalue weighted by atomic mass is 16.3. The van der Waals surface area contributed by atoms with Gasteiger partial charge in [0.2, 0.25) is 5.56 Å². The molecule has 0 radical (unpaired) electrons. The minimum atomic E-state index is -0.272. The zero-order chi connectivity index (χ0) is 17.8. The van der Waals surface area contributed by atoms with E-state index in [1.54, 1.807) is 24.2 Å². The molecule has 0 bridgehead atoms. The Morgan fingerprint density at radius 2 is 2.24 bits per heavy atom. The van der Waals surface area contributed by atoms with Crippen molar-refractivity contribution in [3.8, 4) is 0 Å². The molecule has 1 amide bonds. The molecular weight excluding hydrogens is 322 g/mol. The molecule has 7 heteroatoms. The average Bonchev–Trinajstić information content (AvgIpc) is 3.08. The molecule has 1 aliphatic rings. The van der Waals surface area contributed by atoms with Crippen LogP contribution < -0.4 is 5.56 Å². The van der Waals surface area contributed by atoms with Crippen LogP contribution in [0.2, 0.25) is 0 Å². The fourth-order valence-corrected chi connectivity index (χ4v) is 3.30. The largest absolute Gasteiger partial charge is 0.468 e. The Bertz CT molecular complexity index is 769. The van der Waals surface area contributed by atoms with E-state index in [0.29, 0.717) is 43.9 Å². The molecule has 2 aromatic heterocycles. The summed E-state index contributed by atoms with van der Waals surface area (Å²) < 4.78 is 5.41. The number of carbonyl (C=O) groups is 1. The van der Waals surface area contributed by atoms with Crippen molar-refractivity contribution in [1.29, 1.82) is 0 Å².